The van der Waals surface area contributed by atoms with Gasteiger partial charge in [-0.3, -0.25) is 4.79 Å². The van der Waals surface area contributed by atoms with E-state index in [4.69, 9.17) is 23.2 Å². The number of carbonyl (C=O) groups excluding carboxylic acids is 1. The molecule has 1 fully saturated rings. The van der Waals surface area contributed by atoms with Gasteiger partial charge in [0.2, 0.25) is 15.9 Å². The van der Waals surface area contributed by atoms with Gasteiger partial charge in [0.05, 0.1) is 11.6 Å². The molecule has 27 heavy (non-hydrogen) atoms. The van der Waals surface area contributed by atoms with Gasteiger partial charge in [-0.15, -0.1) is 0 Å². The van der Waals surface area contributed by atoms with Crippen molar-refractivity contribution in [2.24, 2.45) is 0 Å². The zero-order chi connectivity index (χ0) is 19.4. The second-order valence-electron chi connectivity index (χ2n) is 6.49. The third kappa shape index (κ3) is 5.45. The molecule has 1 aliphatic carbocycles. The number of benzene rings is 2. The van der Waals surface area contributed by atoms with E-state index in [1.54, 1.807) is 0 Å². The van der Waals surface area contributed by atoms with Gasteiger partial charge in [0.1, 0.15) is 4.90 Å². The van der Waals surface area contributed by atoms with Gasteiger partial charge in [0.15, 0.2) is 0 Å². The number of rotatable bonds is 8. The summed E-state index contributed by atoms with van der Waals surface area (Å²) < 4.78 is 27.5. The van der Waals surface area contributed by atoms with Gasteiger partial charge >= 0.3 is 0 Å². The van der Waals surface area contributed by atoms with Crippen molar-refractivity contribution < 1.29 is 13.2 Å². The minimum absolute atomic E-state index is 0.0757. The van der Waals surface area contributed by atoms with Gasteiger partial charge in [-0.25, -0.2) is 8.42 Å². The van der Waals surface area contributed by atoms with E-state index < -0.39 is 10.0 Å². The quantitative estimate of drug-likeness (QED) is 0.701. The molecular weight excluding hydrogens is 407 g/mol. The number of nitrogens with one attached hydrogen (secondary N) is 1. The molecule has 8 heteroatoms. The zero-order valence-electron chi connectivity index (χ0n) is 14.6. The van der Waals surface area contributed by atoms with Crippen LogP contribution in [0.4, 0.5) is 0 Å². The minimum atomic E-state index is -3.98. The van der Waals surface area contributed by atoms with Gasteiger partial charge in [0.25, 0.3) is 0 Å². The van der Waals surface area contributed by atoms with Crippen LogP contribution in [0.3, 0.4) is 0 Å². The first-order valence-electron chi connectivity index (χ1n) is 8.65. The van der Waals surface area contributed by atoms with Crippen molar-refractivity contribution in [1.82, 2.24) is 9.62 Å². The standard InChI is InChI=1S/C19H20Cl2N2O3S/c20-15-6-9-17(21)18(12-15)27(25,26)23(13-19(24)22-16-7-8-16)11-10-14-4-2-1-3-5-14/h1-6,9,12,16H,7-8,10-11,13H2,(H,22,24). The summed E-state index contributed by atoms with van der Waals surface area (Å²) in [6.07, 6.45) is 2.35. The lowest BCUT2D eigenvalue weighted by Gasteiger charge is -2.22. The Bertz CT molecular complexity index is 916. The molecular formula is C19H20Cl2N2O3S. The van der Waals surface area contributed by atoms with E-state index in [0.29, 0.717) is 6.42 Å². The molecule has 0 atom stereocenters. The number of carbonyl (C=O) groups is 1. The lowest BCUT2D eigenvalue weighted by atomic mass is 10.1. The Balaban J connectivity index is 1.84. The molecule has 0 unspecified atom stereocenters. The van der Waals surface area contributed by atoms with Crippen molar-refractivity contribution in [2.45, 2.75) is 30.2 Å². The summed E-state index contributed by atoms with van der Waals surface area (Å²) in [6.45, 7) is -0.0955. The summed E-state index contributed by atoms with van der Waals surface area (Å²) in [6, 6.07) is 14.0. The zero-order valence-corrected chi connectivity index (χ0v) is 16.9. The number of halogens is 2. The highest BCUT2D eigenvalue weighted by Crippen LogP contribution is 2.28. The SMILES string of the molecule is O=C(CN(CCc1ccccc1)S(=O)(=O)c1cc(Cl)ccc1Cl)NC1CC1. The molecule has 0 aliphatic heterocycles. The number of nitrogens with zero attached hydrogens (tertiary/aromatic N) is 1. The number of hydrogen-bond acceptors (Lipinski definition) is 3. The fourth-order valence-corrected chi connectivity index (χ4v) is 4.79. The van der Waals surface area contributed by atoms with Crippen LogP contribution in [0.25, 0.3) is 0 Å². The van der Waals surface area contributed by atoms with E-state index in [2.05, 4.69) is 5.32 Å². The van der Waals surface area contributed by atoms with Crippen molar-refractivity contribution in [3.8, 4) is 0 Å². The molecule has 0 spiro atoms. The van der Waals surface area contributed by atoms with Crippen LogP contribution >= 0.6 is 23.2 Å². The second kappa shape index (κ2) is 8.61. The Morgan fingerprint density at radius 3 is 2.48 bits per heavy atom. The van der Waals surface area contributed by atoms with Gasteiger partial charge in [0, 0.05) is 17.6 Å². The van der Waals surface area contributed by atoms with E-state index >= 15 is 0 Å². The summed E-state index contributed by atoms with van der Waals surface area (Å²) in [5.41, 5.74) is 0.984. The number of amides is 1. The van der Waals surface area contributed by atoms with Crippen molar-refractivity contribution in [1.29, 1.82) is 0 Å². The Labute approximate surface area is 169 Å². The Kier molecular flexibility index (Phi) is 6.42. The molecule has 0 aromatic heterocycles. The molecule has 0 saturated heterocycles. The van der Waals surface area contributed by atoms with Crippen molar-refractivity contribution in [3.63, 3.8) is 0 Å². The normalized spacial score (nSPS) is 14.3. The summed E-state index contributed by atoms with van der Waals surface area (Å²) in [4.78, 5) is 12.2. The Hall–Kier alpha value is -1.60. The third-order valence-corrected chi connectivity index (χ3v) is 6.83. The van der Waals surface area contributed by atoms with Crippen molar-refractivity contribution in [3.05, 3.63) is 64.1 Å². The van der Waals surface area contributed by atoms with Crippen LogP contribution in [-0.2, 0) is 21.2 Å². The Morgan fingerprint density at radius 2 is 1.81 bits per heavy atom. The minimum Gasteiger partial charge on any atom is -0.352 e. The third-order valence-electron chi connectivity index (χ3n) is 4.27. The number of sulfonamides is 1. The molecule has 0 heterocycles. The van der Waals surface area contributed by atoms with Gasteiger partial charge in [-0.05, 0) is 43.0 Å². The lowest BCUT2D eigenvalue weighted by molar-refractivity contribution is -0.121. The van der Waals surface area contributed by atoms with Crippen LogP contribution in [0.5, 0.6) is 0 Å². The van der Waals surface area contributed by atoms with Crippen LogP contribution in [0, 0.1) is 0 Å². The summed E-state index contributed by atoms with van der Waals surface area (Å²) >= 11 is 12.1. The van der Waals surface area contributed by atoms with Crippen LogP contribution in [0.2, 0.25) is 10.0 Å². The van der Waals surface area contributed by atoms with Crippen LogP contribution in [0.15, 0.2) is 53.4 Å². The fraction of sp³-hybridized carbons (Fsp3) is 0.316. The first kappa shape index (κ1) is 20.1. The van der Waals surface area contributed by atoms with Crippen LogP contribution in [-0.4, -0.2) is 37.8 Å². The predicted octanol–water partition coefficient (Wildman–Crippen LogP) is 3.51. The lowest BCUT2D eigenvalue weighted by Crippen LogP contribution is -2.42. The highest BCUT2D eigenvalue weighted by Gasteiger charge is 2.30. The summed E-state index contributed by atoms with van der Waals surface area (Å²) in [5, 5.41) is 3.17. The average Bonchev–Trinajstić information content (AvgIpc) is 3.45. The molecule has 2 aromatic carbocycles. The highest BCUT2D eigenvalue weighted by atomic mass is 35.5. The van der Waals surface area contributed by atoms with E-state index in [9.17, 15) is 13.2 Å². The molecule has 0 radical (unpaired) electrons. The maximum Gasteiger partial charge on any atom is 0.245 e. The van der Waals surface area contributed by atoms with E-state index in [0.717, 1.165) is 22.7 Å². The van der Waals surface area contributed by atoms with E-state index in [1.807, 2.05) is 30.3 Å². The van der Waals surface area contributed by atoms with Gasteiger partial charge in [-0.2, -0.15) is 4.31 Å². The monoisotopic (exact) mass is 426 g/mol. The van der Waals surface area contributed by atoms with Crippen LogP contribution < -0.4 is 5.32 Å². The topological polar surface area (TPSA) is 66.5 Å². The molecule has 1 saturated carbocycles. The molecule has 2 aromatic rings. The van der Waals surface area contributed by atoms with Crippen molar-refractivity contribution >= 4 is 39.1 Å². The van der Waals surface area contributed by atoms with E-state index in [-0.39, 0.29) is 40.0 Å². The molecule has 0 bridgehead atoms. The largest absolute Gasteiger partial charge is 0.352 e. The van der Waals surface area contributed by atoms with Gasteiger partial charge in [-0.1, -0.05) is 53.5 Å². The predicted molar refractivity (Wildman–Crippen MR) is 107 cm³/mol. The number of hydrogen-bond donors (Lipinski definition) is 1. The molecule has 1 N–H and O–H groups in total. The highest BCUT2D eigenvalue weighted by molar-refractivity contribution is 7.89. The van der Waals surface area contributed by atoms with Gasteiger partial charge < -0.3 is 5.32 Å². The first-order valence-corrected chi connectivity index (χ1v) is 10.8. The second-order valence-corrected chi connectivity index (χ2v) is 9.24. The van der Waals surface area contributed by atoms with E-state index in [1.165, 1.54) is 18.2 Å². The first-order chi connectivity index (χ1) is 12.9. The molecule has 1 aliphatic rings. The molecule has 1 amide bonds. The smallest absolute Gasteiger partial charge is 0.245 e. The summed E-state index contributed by atoms with van der Waals surface area (Å²) in [5.74, 6) is -0.313. The van der Waals surface area contributed by atoms with Crippen LogP contribution in [0.1, 0.15) is 18.4 Å². The molecule has 5 nitrogen and oxygen atoms in total. The maximum absolute atomic E-state index is 13.2. The average molecular weight is 427 g/mol. The molecule has 144 valence electrons. The van der Waals surface area contributed by atoms with Crippen molar-refractivity contribution in [2.75, 3.05) is 13.1 Å². The molecule has 3 rings (SSSR count). The maximum atomic E-state index is 13.2. The summed E-state index contributed by atoms with van der Waals surface area (Å²) in [7, 11) is -3.98. The Morgan fingerprint density at radius 1 is 1.11 bits per heavy atom. The fourth-order valence-electron chi connectivity index (χ4n) is 2.66.